The Morgan fingerprint density at radius 2 is 1.88 bits per heavy atom. The Labute approximate surface area is 196 Å². The predicted molar refractivity (Wildman–Crippen MR) is 119 cm³/mol. The molecule has 1 heterocycles. The van der Waals surface area contributed by atoms with Crippen LogP contribution in [0.4, 0.5) is 18.9 Å². The Bertz CT molecular complexity index is 1170. The van der Waals surface area contributed by atoms with Gasteiger partial charge < -0.3 is 15.2 Å². The van der Waals surface area contributed by atoms with Crippen LogP contribution < -0.4 is 10.6 Å². The van der Waals surface area contributed by atoms with Gasteiger partial charge in [0.05, 0.1) is 27.9 Å². The lowest BCUT2D eigenvalue weighted by atomic mass is 10.2. The van der Waals surface area contributed by atoms with Gasteiger partial charge in [-0.15, -0.1) is 10.2 Å². The van der Waals surface area contributed by atoms with E-state index in [1.54, 1.807) is 42.8 Å². The first kappa shape index (κ1) is 24.6. The minimum atomic E-state index is -4.50. The molecule has 0 saturated carbocycles. The SMILES string of the molecule is C[C@@H](NC(=O)c1ccccc1Cl)c1nnc(SCC(=O)Nc2cccc(C(F)(F)F)c2)n1C. The van der Waals surface area contributed by atoms with Crippen LogP contribution in [0.15, 0.2) is 53.7 Å². The normalized spacial score (nSPS) is 12.3. The summed E-state index contributed by atoms with van der Waals surface area (Å²) < 4.78 is 40.1. The van der Waals surface area contributed by atoms with Crippen molar-refractivity contribution in [3.63, 3.8) is 0 Å². The Kier molecular flexibility index (Phi) is 7.65. The second-order valence-corrected chi connectivity index (χ2v) is 8.34. The first-order chi connectivity index (χ1) is 15.6. The molecular formula is C21H19ClF3N5O2S. The zero-order valence-corrected chi connectivity index (χ0v) is 19.1. The van der Waals surface area contributed by atoms with Gasteiger partial charge in [-0.1, -0.05) is 41.6 Å². The molecule has 0 bridgehead atoms. The van der Waals surface area contributed by atoms with Crippen LogP contribution in [0, 0.1) is 0 Å². The van der Waals surface area contributed by atoms with Crippen LogP contribution in [0.25, 0.3) is 0 Å². The number of carbonyl (C=O) groups excluding carboxylic acids is 2. The van der Waals surface area contributed by atoms with Crippen LogP contribution in [-0.4, -0.2) is 32.3 Å². The summed E-state index contributed by atoms with van der Waals surface area (Å²) in [4.78, 5) is 24.7. The van der Waals surface area contributed by atoms with Crippen molar-refractivity contribution in [3.8, 4) is 0 Å². The number of alkyl halides is 3. The van der Waals surface area contributed by atoms with E-state index < -0.39 is 23.7 Å². The van der Waals surface area contributed by atoms with Crippen LogP contribution in [0.1, 0.15) is 34.7 Å². The van der Waals surface area contributed by atoms with E-state index in [1.807, 2.05) is 0 Å². The van der Waals surface area contributed by atoms with Crippen molar-refractivity contribution in [3.05, 3.63) is 70.5 Å². The third-order valence-corrected chi connectivity index (χ3v) is 5.88. The highest BCUT2D eigenvalue weighted by molar-refractivity contribution is 7.99. The van der Waals surface area contributed by atoms with Crippen LogP contribution in [-0.2, 0) is 18.0 Å². The van der Waals surface area contributed by atoms with E-state index in [-0.39, 0.29) is 17.3 Å². The number of benzene rings is 2. The molecular weight excluding hydrogens is 479 g/mol. The molecule has 1 atom stereocenters. The number of nitrogens with zero attached hydrogens (tertiary/aromatic N) is 3. The maximum absolute atomic E-state index is 12.8. The quantitative estimate of drug-likeness (QED) is 0.461. The van der Waals surface area contributed by atoms with Gasteiger partial charge in [-0.05, 0) is 37.3 Å². The number of amides is 2. The van der Waals surface area contributed by atoms with Crippen LogP contribution >= 0.6 is 23.4 Å². The molecule has 0 spiro atoms. The molecule has 0 unspecified atom stereocenters. The van der Waals surface area contributed by atoms with Gasteiger partial charge in [0.15, 0.2) is 11.0 Å². The van der Waals surface area contributed by atoms with E-state index in [1.165, 1.54) is 12.1 Å². The minimum absolute atomic E-state index is 0.0463. The summed E-state index contributed by atoms with van der Waals surface area (Å²) in [5, 5.41) is 14.1. The Morgan fingerprint density at radius 3 is 2.58 bits per heavy atom. The second-order valence-electron chi connectivity index (χ2n) is 6.99. The summed E-state index contributed by atoms with van der Waals surface area (Å²) in [7, 11) is 1.68. The summed E-state index contributed by atoms with van der Waals surface area (Å²) in [5.41, 5.74) is -0.474. The number of anilines is 1. The molecule has 0 radical (unpaired) electrons. The zero-order valence-electron chi connectivity index (χ0n) is 17.5. The predicted octanol–water partition coefficient (Wildman–Crippen LogP) is 4.71. The third kappa shape index (κ3) is 6.26. The monoisotopic (exact) mass is 497 g/mol. The van der Waals surface area contributed by atoms with Gasteiger partial charge in [-0.25, -0.2) is 0 Å². The molecule has 3 rings (SSSR count). The topological polar surface area (TPSA) is 88.9 Å². The minimum Gasteiger partial charge on any atom is -0.342 e. The average Bonchev–Trinajstić information content (AvgIpc) is 3.12. The fourth-order valence-corrected chi connectivity index (χ4v) is 3.85. The molecule has 2 N–H and O–H groups in total. The molecule has 33 heavy (non-hydrogen) atoms. The zero-order chi connectivity index (χ0) is 24.2. The van der Waals surface area contributed by atoms with E-state index in [4.69, 9.17) is 11.6 Å². The number of nitrogens with one attached hydrogen (secondary N) is 2. The summed E-state index contributed by atoms with van der Waals surface area (Å²) in [6, 6.07) is 10.5. The maximum atomic E-state index is 12.8. The van der Waals surface area contributed by atoms with E-state index in [2.05, 4.69) is 20.8 Å². The first-order valence-corrected chi connectivity index (χ1v) is 11.0. The number of halogens is 4. The number of rotatable bonds is 7. The van der Waals surface area contributed by atoms with Gasteiger partial charge in [-0.3, -0.25) is 9.59 Å². The molecule has 1 aromatic heterocycles. The summed E-state index contributed by atoms with van der Waals surface area (Å²) in [6.07, 6.45) is -4.50. The average molecular weight is 498 g/mol. The van der Waals surface area contributed by atoms with Crippen molar-refractivity contribution in [2.45, 2.75) is 24.3 Å². The van der Waals surface area contributed by atoms with Crippen molar-refractivity contribution in [1.29, 1.82) is 0 Å². The van der Waals surface area contributed by atoms with Gasteiger partial charge in [0.2, 0.25) is 5.91 Å². The largest absolute Gasteiger partial charge is 0.416 e. The number of thioether (sulfide) groups is 1. The summed E-state index contributed by atoms with van der Waals surface area (Å²) in [5.74, 6) is -0.506. The van der Waals surface area contributed by atoms with Gasteiger partial charge in [0, 0.05) is 12.7 Å². The Balaban J connectivity index is 1.59. The number of hydrogen-bond donors (Lipinski definition) is 2. The molecule has 7 nitrogen and oxygen atoms in total. The molecule has 0 aliphatic carbocycles. The van der Waals surface area contributed by atoms with Crippen LogP contribution in [0.2, 0.25) is 5.02 Å². The maximum Gasteiger partial charge on any atom is 0.416 e. The highest BCUT2D eigenvalue weighted by atomic mass is 35.5. The molecule has 2 amide bonds. The highest BCUT2D eigenvalue weighted by Gasteiger charge is 2.30. The van der Waals surface area contributed by atoms with E-state index in [0.717, 1.165) is 23.9 Å². The van der Waals surface area contributed by atoms with Gasteiger partial charge in [-0.2, -0.15) is 13.2 Å². The lowest BCUT2D eigenvalue weighted by Crippen LogP contribution is -2.28. The summed E-state index contributed by atoms with van der Waals surface area (Å²) >= 11 is 7.11. The summed E-state index contributed by atoms with van der Waals surface area (Å²) in [6.45, 7) is 1.73. The Morgan fingerprint density at radius 1 is 1.15 bits per heavy atom. The van der Waals surface area contributed by atoms with Crippen molar-refractivity contribution in [2.75, 3.05) is 11.1 Å². The fourth-order valence-electron chi connectivity index (χ4n) is 2.91. The second kappa shape index (κ2) is 10.3. The van der Waals surface area contributed by atoms with Crippen molar-refractivity contribution in [1.82, 2.24) is 20.1 Å². The molecule has 0 fully saturated rings. The molecule has 174 valence electrons. The van der Waals surface area contributed by atoms with Crippen LogP contribution in [0.3, 0.4) is 0 Å². The highest BCUT2D eigenvalue weighted by Crippen LogP contribution is 2.30. The smallest absolute Gasteiger partial charge is 0.342 e. The standard InChI is InChI=1S/C21H19ClF3N5O2S/c1-12(26-19(32)15-8-3-4-9-16(15)22)18-28-29-20(30(18)2)33-11-17(31)27-14-7-5-6-13(10-14)21(23,24)25/h3-10,12H,11H2,1-2H3,(H,26,32)(H,27,31)/t12-/m1/s1. The number of carbonyl (C=O) groups is 2. The fraction of sp³-hybridized carbons (Fsp3) is 0.238. The first-order valence-electron chi connectivity index (χ1n) is 9.61. The van der Waals surface area contributed by atoms with Gasteiger partial charge >= 0.3 is 6.18 Å². The lowest BCUT2D eigenvalue weighted by Gasteiger charge is -2.14. The molecule has 0 aliphatic heterocycles. The van der Waals surface area contributed by atoms with Crippen molar-refractivity contribution >= 4 is 40.9 Å². The third-order valence-electron chi connectivity index (χ3n) is 4.53. The number of hydrogen-bond acceptors (Lipinski definition) is 5. The van der Waals surface area contributed by atoms with Crippen molar-refractivity contribution < 1.29 is 22.8 Å². The van der Waals surface area contributed by atoms with E-state index >= 15 is 0 Å². The van der Waals surface area contributed by atoms with Gasteiger partial charge in [0.1, 0.15) is 0 Å². The molecule has 0 saturated heterocycles. The molecule has 0 aliphatic rings. The van der Waals surface area contributed by atoms with E-state index in [0.29, 0.717) is 21.6 Å². The molecule has 2 aromatic carbocycles. The van der Waals surface area contributed by atoms with Gasteiger partial charge in [0.25, 0.3) is 5.91 Å². The molecule has 3 aromatic rings. The van der Waals surface area contributed by atoms with Crippen LogP contribution in [0.5, 0.6) is 0 Å². The van der Waals surface area contributed by atoms with Crippen molar-refractivity contribution in [2.24, 2.45) is 7.05 Å². The van der Waals surface area contributed by atoms with E-state index in [9.17, 15) is 22.8 Å². The lowest BCUT2D eigenvalue weighted by molar-refractivity contribution is -0.137. The molecule has 12 heteroatoms. The Hall–Kier alpha value is -3.05. The number of aromatic nitrogens is 3.